The first-order chi connectivity index (χ1) is 20.2. The number of aliphatic hydroxyl groups is 1. The van der Waals surface area contributed by atoms with Gasteiger partial charge in [-0.2, -0.15) is 0 Å². The van der Waals surface area contributed by atoms with Gasteiger partial charge < -0.3 is 24.3 Å². The Morgan fingerprint density at radius 1 is 0.814 bits per heavy atom. The van der Waals surface area contributed by atoms with Gasteiger partial charge in [0.1, 0.15) is 11.2 Å². The van der Waals surface area contributed by atoms with Gasteiger partial charge in [0.2, 0.25) is 0 Å². The van der Waals surface area contributed by atoms with Gasteiger partial charge in [-0.25, -0.2) is 4.79 Å². The minimum atomic E-state index is -2.33. The van der Waals surface area contributed by atoms with Crippen molar-refractivity contribution in [1.29, 1.82) is 0 Å². The van der Waals surface area contributed by atoms with Crippen LogP contribution < -0.4 is 5.32 Å². The number of nitrogens with one attached hydrogen (secondary N) is 1. The minimum absolute atomic E-state index is 0.0858. The number of carbonyl (C=O) groups excluding carboxylic acids is 1. The van der Waals surface area contributed by atoms with Crippen LogP contribution in [0.15, 0.2) is 103 Å². The third-order valence-corrected chi connectivity index (χ3v) is 12.3. The van der Waals surface area contributed by atoms with Gasteiger partial charge in [0.05, 0.1) is 25.4 Å². The maximum absolute atomic E-state index is 13.2. The van der Waals surface area contributed by atoms with E-state index in [-0.39, 0.29) is 18.3 Å². The SMILES string of the molecule is CC(C)(C)OC(=O)N[C@@H](COC(c1ccccc1)(c1ccccc1)c1ccccc1)[C@@H](/C=C\CO)O[Si](C)(C)C(C)(C)C. The van der Waals surface area contributed by atoms with E-state index >= 15 is 0 Å². The molecule has 1 amide bonds. The normalized spacial score (nSPS) is 14.3. The summed E-state index contributed by atoms with van der Waals surface area (Å²) in [6, 6.07) is 29.7. The summed E-state index contributed by atoms with van der Waals surface area (Å²) in [4.78, 5) is 13.2. The summed E-state index contributed by atoms with van der Waals surface area (Å²) in [5.41, 5.74) is 1.19. The largest absolute Gasteiger partial charge is 0.444 e. The number of benzene rings is 3. The van der Waals surface area contributed by atoms with Crippen molar-refractivity contribution in [3.05, 3.63) is 120 Å². The van der Waals surface area contributed by atoms with Gasteiger partial charge in [0.15, 0.2) is 8.32 Å². The lowest BCUT2D eigenvalue weighted by atomic mass is 9.80. The fourth-order valence-electron chi connectivity index (χ4n) is 4.63. The van der Waals surface area contributed by atoms with Gasteiger partial charge in [0.25, 0.3) is 0 Å². The van der Waals surface area contributed by atoms with Crippen molar-refractivity contribution >= 4 is 14.4 Å². The summed E-state index contributed by atoms with van der Waals surface area (Å²) in [6.45, 7) is 16.3. The highest BCUT2D eigenvalue weighted by Gasteiger charge is 2.43. The standard InChI is InChI=1S/C36H49NO5Si/c1-34(2,3)41-33(39)37-31(32(25-18-26-38)42-43(7,8)35(4,5)6)27-40-36(28-19-12-9-13-20-28,29-21-14-10-15-22-29)30-23-16-11-17-24-30/h9-25,31-32,38H,26-27H2,1-8H3,(H,37,39)/b25-18-/t31-,32+/m0/s1. The molecule has 3 rings (SSSR count). The molecule has 0 spiro atoms. The molecule has 2 atom stereocenters. The molecule has 43 heavy (non-hydrogen) atoms. The summed E-state index contributed by atoms with van der Waals surface area (Å²) >= 11 is 0. The Morgan fingerprint density at radius 2 is 1.26 bits per heavy atom. The van der Waals surface area contributed by atoms with E-state index in [9.17, 15) is 9.90 Å². The van der Waals surface area contributed by atoms with Gasteiger partial charge in [-0.05, 0) is 55.6 Å². The molecule has 232 valence electrons. The van der Waals surface area contributed by atoms with Crippen LogP contribution in [0.4, 0.5) is 4.79 Å². The molecule has 0 aliphatic carbocycles. The quantitative estimate of drug-likeness (QED) is 0.125. The zero-order valence-corrected chi connectivity index (χ0v) is 28.0. The van der Waals surface area contributed by atoms with E-state index in [1.165, 1.54) is 0 Å². The van der Waals surface area contributed by atoms with Crippen LogP contribution in [-0.4, -0.2) is 50.5 Å². The second kappa shape index (κ2) is 14.5. The van der Waals surface area contributed by atoms with E-state index in [4.69, 9.17) is 13.9 Å². The number of rotatable bonds is 12. The summed E-state index contributed by atoms with van der Waals surface area (Å²) in [6.07, 6.45) is 2.33. The first-order valence-electron chi connectivity index (χ1n) is 14.9. The molecule has 6 nitrogen and oxygen atoms in total. The van der Waals surface area contributed by atoms with E-state index < -0.39 is 37.8 Å². The number of ether oxygens (including phenoxy) is 2. The first kappa shape index (κ1) is 34.3. The van der Waals surface area contributed by atoms with Crippen LogP contribution in [0.1, 0.15) is 58.2 Å². The number of hydrogen-bond acceptors (Lipinski definition) is 5. The maximum atomic E-state index is 13.2. The predicted octanol–water partition coefficient (Wildman–Crippen LogP) is 7.83. The highest BCUT2D eigenvalue weighted by molar-refractivity contribution is 6.74. The minimum Gasteiger partial charge on any atom is -0.444 e. The molecule has 2 N–H and O–H groups in total. The van der Waals surface area contributed by atoms with Crippen LogP contribution in [0.2, 0.25) is 18.1 Å². The lowest BCUT2D eigenvalue weighted by molar-refractivity contribution is -0.0188. The van der Waals surface area contributed by atoms with E-state index in [2.05, 4.69) is 75.6 Å². The molecule has 0 aromatic heterocycles. The molecule has 3 aromatic carbocycles. The topological polar surface area (TPSA) is 77.0 Å². The second-order valence-corrected chi connectivity index (χ2v) is 18.1. The van der Waals surface area contributed by atoms with Crippen molar-refractivity contribution in [2.45, 2.75) is 83.0 Å². The van der Waals surface area contributed by atoms with Gasteiger partial charge >= 0.3 is 6.09 Å². The van der Waals surface area contributed by atoms with Crippen LogP contribution in [0.3, 0.4) is 0 Å². The summed E-state index contributed by atoms with van der Waals surface area (Å²) in [5.74, 6) is 0. The first-order valence-corrected chi connectivity index (χ1v) is 17.9. The zero-order valence-electron chi connectivity index (χ0n) is 27.0. The smallest absolute Gasteiger partial charge is 0.408 e. The molecule has 3 aromatic rings. The van der Waals surface area contributed by atoms with Crippen molar-refractivity contribution in [2.75, 3.05) is 13.2 Å². The third-order valence-electron chi connectivity index (χ3n) is 7.79. The second-order valence-electron chi connectivity index (χ2n) is 13.3. The van der Waals surface area contributed by atoms with Crippen LogP contribution in [-0.2, 0) is 19.5 Å². The van der Waals surface area contributed by atoms with E-state index in [1.807, 2.05) is 81.4 Å². The molecule has 0 saturated carbocycles. The average Bonchev–Trinajstić information content (AvgIpc) is 2.95. The van der Waals surface area contributed by atoms with Crippen molar-refractivity contribution in [3.8, 4) is 0 Å². The van der Waals surface area contributed by atoms with Gasteiger partial charge in [-0.1, -0.05) is 124 Å². The molecule has 0 radical (unpaired) electrons. The summed E-state index contributed by atoms with van der Waals surface area (Å²) < 4.78 is 19.7. The zero-order chi connectivity index (χ0) is 31.7. The van der Waals surface area contributed by atoms with Gasteiger partial charge in [-0.15, -0.1) is 0 Å². The van der Waals surface area contributed by atoms with Crippen molar-refractivity contribution < 1.29 is 23.8 Å². The molecule has 0 saturated heterocycles. The van der Waals surface area contributed by atoms with Crippen LogP contribution in [0.5, 0.6) is 0 Å². The summed E-state index contributed by atoms with van der Waals surface area (Å²) in [5, 5.41) is 12.7. The predicted molar refractivity (Wildman–Crippen MR) is 177 cm³/mol. The van der Waals surface area contributed by atoms with Crippen molar-refractivity contribution in [3.63, 3.8) is 0 Å². The fraction of sp³-hybridized carbons (Fsp3) is 0.417. The number of hydrogen-bond donors (Lipinski definition) is 2. The molecule has 0 fully saturated rings. The molecule has 0 unspecified atom stereocenters. The Bertz CT molecular complexity index is 1200. The molecule has 0 bridgehead atoms. The average molecular weight is 604 g/mol. The lowest BCUT2D eigenvalue weighted by Crippen LogP contribution is -2.54. The Labute approximate surface area is 259 Å². The highest BCUT2D eigenvalue weighted by Crippen LogP contribution is 2.41. The Balaban J connectivity index is 2.16. The monoisotopic (exact) mass is 603 g/mol. The van der Waals surface area contributed by atoms with Gasteiger partial charge in [0, 0.05) is 0 Å². The van der Waals surface area contributed by atoms with E-state index in [0.717, 1.165) is 16.7 Å². The molecular weight excluding hydrogens is 554 g/mol. The van der Waals surface area contributed by atoms with E-state index in [1.54, 1.807) is 6.08 Å². The number of amides is 1. The number of aliphatic hydroxyl groups excluding tert-OH is 1. The molecular formula is C36H49NO5Si. The Morgan fingerprint density at radius 3 is 1.63 bits per heavy atom. The lowest BCUT2D eigenvalue weighted by Gasteiger charge is -2.42. The van der Waals surface area contributed by atoms with Crippen molar-refractivity contribution in [1.82, 2.24) is 5.32 Å². The van der Waals surface area contributed by atoms with Crippen LogP contribution >= 0.6 is 0 Å². The number of alkyl carbamates (subject to hydrolysis) is 1. The van der Waals surface area contributed by atoms with E-state index in [0.29, 0.717) is 0 Å². The van der Waals surface area contributed by atoms with Crippen LogP contribution in [0.25, 0.3) is 0 Å². The van der Waals surface area contributed by atoms with Gasteiger partial charge in [-0.3, -0.25) is 0 Å². The third kappa shape index (κ3) is 9.13. The maximum Gasteiger partial charge on any atom is 0.408 e. The Hall–Kier alpha value is -3.23. The molecule has 0 aliphatic heterocycles. The fourth-order valence-corrected chi connectivity index (χ4v) is 5.91. The molecule has 0 aliphatic rings. The highest BCUT2D eigenvalue weighted by atomic mass is 28.4. The van der Waals surface area contributed by atoms with Crippen molar-refractivity contribution in [2.24, 2.45) is 0 Å². The number of carbonyl (C=O) groups is 1. The summed E-state index contributed by atoms with van der Waals surface area (Å²) in [7, 11) is -2.33. The Kier molecular flexibility index (Phi) is 11.5. The van der Waals surface area contributed by atoms with Crippen LogP contribution in [0, 0.1) is 0 Å². The molecule has 0 heterocycles. The molecule has 7 heteroatoms.